The first-order chi connectivity index (χ1) is 7.63. The van der Waals surface area contributed by atoms with Gasteiger partial charge in [-0.3, -0.25) is 4.90 Å². The Balaban J connectivity index is 1.99. The molecule has 0 aromatic carbocycles. The highest BCUT2D eigenvalue weighted by atomic mass is 16.5. The fraction of sp³-hybridized carbons (Fsp3) is 0.769. The van der Waals surface area contributed by atoms with Crippen molar-refractivity contribution in [2.24, 2.45) is 0 Å². The Morgan fingerprint density at radius 1 is 1.44 bits per heavy atom. The summed E-state index contributed by atoms with van der Waals surface area (Å²) in [7, 11) is 2.16. The second-order valence-corrected chi connectivity index (χ2v) is 4.97. The molecule has 3 heteroatoms. The predicted molar refractivity (Wildman–Crippen MR) is 63.1 cm³/mol. The van der Waals surface area contributed by atoms with E-state index < -0.39 is 0 Å². The van der Waals surface area contributed by atoms with E-state index in [1.54, 1.807) is 0 Å². The van der Waals surface area contributed by atoms with E-state index in [2.05, 4.69) is 11.9 Å². The van der Waals surface area contributed by atoms with Crippen molar-refractivity contribution in [2.45, 2.75) is 57.7 Å². The standard InChI is InChI=1S/C13H21NO2/c1-4-9(2)13(15)16-12-8-10-6-5-7-11(12)14(10)3/h4,10-12H,5-8H2,1-3H3/b9-4+/t10-,11+,12?/m0/s1. The Hall–Kier alpha value is -0.830. The van der Waals surface area contributed by atoms with Crippen molar-refractivity contribution in [3.05, 3.63) is 11.6 Å². The van der Waals surface area contributed by atoms with Crippen molar-refractivity contribution >= 4 is 5.97 Å². The number of ether oxygens (including phenoxy) is 1. The van der Waals surface area contributed by atoms with E-state index in [0.29, 0.717) is 17.7 Å². The lowest BCUT2D eigenvalue weighted by atomic mass is 10.0. The van der Waals surface area contributed by atoms with Crippen molar-refractivity contribution < 1.29 is 9.53 Å². The fourth-order valence-electron chi connectivity index (χ4n) is 2.87. The molecule has 0 aliphatic carbocycles. The maximum Gasteiger partial charge on any atom is 0.333 e. The molecule has 0 aromatic heterocycles. The molecular weight excluding hydrogens is 202 g/mol. The largest absolute Gasteiger partial charge is 0.457 e. The highest BCUT2D eigenvalue weighted by Gasteiger charge is 2.43. The number of likely N-dealkylation sites (N-methyl/N-ethyl adjacent to an activating group) is 1. The summed E-state index contributed by atoms with van der Waals surface area (Å²) in [4.78, 5) is 14.1. The first-order valence-corrected chi connectivity index (χ1v) is 6.19. The van der Waals surface area contributed by atoms with Gasteiger partial charge in [-0.25, -0.2) is 4.79 Å². The van der Waals surface area contributed by atoms with Crippen LogP contribution in [0.4, 0.5) is 0 Å². The second-order valence-electron chi connectivity index (χ2n) is 4.97. The number of piperidine rings is 1. The smallest absolute Gasteiger partial charge is 0.333 e. The lowest BCUT2D eigenvalue weighted by molar-refractivity contribution is -0.145. The summed E-state index contributed by atoms with van der Waals surface area (Å²) in [5.74, 6) is -0.145. The highest BCUT2D eigenvalue weighted by molar-refractivity contribution is 5.87. The van der Waals surface area contributed by atoms with Gasteiger partial charge in [0, 0.05) is 24.1 Å². The molecule has 2 rings (SSSR count). The third-order valence-electron chi connectivity index (χ3n) is 4.08. The molecule has 3 nitrogen and oxygen atoms in total. The predicted octanol–water partition coefficient (Wildman–Crippen LogP) is 2.12. The van der Waals surface area contributed by atoms with Gasteiger partial charge in [0.1, 0.15) is 6.10 Å². The summed E-state index contributed by atoms with van der Waals surface area (Å²) in [6, 6.07) is 1.08. The van der Waals surface area contributed by atoms with Crippen molar-refractivity contribution in [2.75, 3.05) is 7.05 Å². The maximum atomic E-state index is 11.7. The van der Waals surface area contributed by atoms with Crippen LogP contribution in [0.3, 0.4) is 0 Å². The fourth-order valence-corrected chi connectivity index (χ4v) is 2.87. The molecule has 0 amide bonds. The summed E-state index contributed by atoms with van der Waals surface area (Å²) in [6.45, 7) is 3.68. The lowest BCUT2D eigenvalue weighted by Gasteiger charge is -2.31. The van der Waals surface area contributed by atoms with Crippen LogP contribution in [-0.4, -0.2) is 36.1 Å². The molecule has 0 spiro atoms. The third-order valence-corrected chi connectivity index (χ3v) is 4.08. The SMILES string of the molecule is C/C=C(\C)C(=O)OC1C[C@@H]2CCC[C@H]1N2C. The van der Waals surface area contributed by atoms with Gasteiger partial charge in [0.05, 0.1) is 0 Å². The zero-order valence-electron chi connectivity index (χ0n) is 10.4. The van der Waals surface area contributed by atoms with Gasteiger partial charge in [-0.1, -0.05) is 12.5 Å². The first kappa shape index (κ1) is 11.6. The molecule has 2 heterocycles. The number of esters is 1. The minimum Gasteiger partial charge on any atom is -0.457 e. The van der Waals surface area contributed by atoms with Crippen LogP contribution in [0, 0.1) is 0 Å². The molecule has 0 N–H and O–H groups in total. The molecule has 0 saturated carbocycles. The Morgan fingerprint density at radius 3 is 2.81 bits per heavy atom. The van der Waals surface area contributed by atoms with Crippen molar-refractivity contribution in [3.8, 4) is 0 Å². The van der Waals surface area contributed by atoms with Gasteiger partial charge in [0.2, 0.25) is 0 Å². The van der Waals surface area contributed by atoms with Gasteiger partial charge in [-0.05, 0) is 33.7 Å². The average Bonchev–Trinajstić information content (AvgIpc) is 2.49. The van der Waals surface area contributed by atoms with Gasteiger partial charge in [0.25, 0.3) is 0 Å². The molecule has 2 saturated heterocycles. The van der Waals surface area contributed by atoms with E-state index in [-0.39, 0.29) is 12.1 Å². The molecule has 0 aromatic rings. The Bertz CT molecular complexity index is 311. The van der Waals surface area contributed by atoms with Crippen molar-refractivity contribution in [3.63, 3.8) is 0 Å². The second kappa shape index (κ2) is 4.58. The molecule has 1 unspecified atom stereocenters. The molecule has 2 aliphatic rings. The highest BCUT2D eigenvalue weighted by Crippen LogP contribution is 2.36. The number of allylic oxidation sites excluding steroid dienone is 1. The summed E-state index contributed by atoms with van der Waals surface area (Å²) in [5, 5.41) is 0. The lowest BCUT2D eigenvalue weighted by Crippen LogP contribution is -2.40. The maximum absolute atomic E-state index is 11.7. The molecular formula is C13H21NO2. The van der Waals surface area contributed by atoms with Crippen LogP contribution in [0.25, 0.3) is 0 Å². The van der Waals surface area contributed by atoms with Gasteiger partial charge < -0.3 is 4.74 Å². The molecule has 2 fully saturated rings. The summed E-state index contributed by atoms with van der Waals surface area (Å²) in [5.41, 5.74) is 0.712. The Kier molecular flexibility index (Phi) is 3.33. The van der Waals surface area contributed by atoms with Crippen LogP contribution in [0.1, 0.15) is 39.5 Å². The Labute approximate surface area is 97.5 Å². The van der Waals surface area contributed by atoms with Crippen LogP contribution in [0.15, 0.2) is 11.6 Å². The molecule has 16 heavy (non-hydrogen) atoms. The van der Waals surface area contributed by atoms with E-state index in [0.717, 1.165) is 6.42 Å². The zero-order valence-corrected chi connectivity index (χ0v) is 10.4. The third kappa shape index (κ3) is 2.01. The van der Waals surface area contributed by atoms with Crippen LogP contribution < -0.4 is 0 Å². The van der Waals surface area contributed by atoms with Crippen LogP contribution in [0.5, 0.6) is 0 Å². The minimum absolute atomic E-state index is 0.111. The normalized spacial score (nSPS) is 35.2. The van der Waals surface area contributed by atoms with E-state index in [1.807, 2.05) is 19.9 Å². The average molecular weight is 223 g/mol. The topological polar surface area (TPSA) is 29.5 Å². The number of carbonyl (C=O) groups excluding carboxylic acids is 1. The monoisotopic (exact) mass is 223 g/mol. The molecule has 2 aliphatic heterocycles. The van der Waals surface area contributed by atoms with Gasteiger partial charge in [-0.2, -0.15) is 0 Å². The zero-order chi connectivity index (χ0) is 11.7. The van der Waals surface area contributed by atoms with E-state index in [4.69, 9.17) is 4.74 Å². The summed E-state index contributed by atoms with van der Waals surface area (Å²) in [6.07, 6.45) is 6.64. The van der Waals surface area contributed by atoms with Crippen LogP contribution in [0.2, 0.25) is 0 Å². The van der Waals surface area contributed by atoms with Gasteiger partial charge in [-0.15, -0.1) is 0 Å². The summed E-state index contributed by atoms with van der Waals surface area (Å²) < 4.78 is 5.60. The number of hydrogen-bond donors (Lipinski definition) is 0. The van der Waals surface area contributed by atoms with Crippen molar-refractivity contribution in [1.82, 2.24) is 4.90 Å². The van der Waals surface area contributed by atoms with E-state index in [1.165, 1.54) is 19.3 Å². The minimum atomic E-state index is -0.145. The molecule has 0 radical (unpaired) electrons. The van der Waals surface area contributed by atoms with Gasteiger partial charge in [0.15, 0.2) is 0 Å². The van der Waals surface area contributed by atoms with E-state index >= 15 is 0 Å². The van der Waals surface area contributed by atoms with Crippen molar-refractivity contribution in [1.29, 1.82) is 0 Å². The van der Waals surface area contributed by atoms with E-state index in [9.17, 15) is 4.79 Å². The summed E-state index contributed by atoms with van der Waals surface area (Å²) >= 11 is 0. The first-order valence-electron chi connectivity index (χ1n) is 6.19. The molecule has 2 bridgehead atoms. The number of fused-ring (bicyclic) bond motifs is 2. The number of carbonyl (C=O) groups is 1. The number of nitrogens with zero attached hydrogens (tertiary/aromatic N) is 1. The number of rotatable bonds is 2. The number of hydrogen-bond acceptors (Lipinski definition) is 3. The quantitative estimate of drug-likeness (QED) is 0.530. The van der Waals surface area contributed by atoms with Crippen LogP contribution in [-0.2, 0) is 9.53 Å². The van der Waals surface area contributed by atoms with Gasteiger partial charge >= 0.3 is 5.97 Å². The Morgan fingerprint density at radius 2 is 2.19 bits per heavy atom. The van der Waals surface area contributed by atoms with Crippen LogP contribution >= 0.6 is 0 Å². The molecule has 3 atom stereocenters. The molecule has 90 valence electrons.